The van der Waals surface area contributed by atoms with Gasteiger partial charge in [-0.25, -0.2) is 4.98 Å². The van der Waals surface area contributed by atoms with Crippen LogP contribution >= 0.6 is 11.3 Å². The number of anilines is 1. The zero-order valence-corrected chi connectivity index (χ0v) is 10.7. The lowest BCUT2D eigenvalue weighted by atomic mass is 10.4. The number of hydrogen-bond acceptors (Lipinski definition) is 7. The number of ether oxygens (including phenoxy) is 2. The highest BCUT2D eigenvalue weighted by atomic mass is 32.1. The molecule has 2 aromatic heterocycles. The van der Waals surface area contributed by atoms with E-state index in [1.54, 1.807) is 0 Å². The molecule has 0 saturated carbocycles. The monoisotopic (exact) mass is 303 g/mol. The molecule has 106 valence electrons. The Balaban J connectivity index is 1.93. The Morgan fingerprint density at radius 3 is 2.95 bits per heavy atom. The van der Waals surface area contributed by atoms with Crippen LogP contribution in [0.4, 0.5) is 13.9 Å². The Morgan fingerprint density at radius 1 is 1.50 bits per heavy atom. The van der Waals surface area contributed by atoms with Gasteiger partial charge in [-0.15, -0.1) is 8.78 Å². The van der Waals surface area contributed by atoms with E-state index in [0.29, 0.717) is 4.83 Å². The molecular formula is C10H7F2N3O4S. The van der Waals surface area contributed by atoms with Crippen molar-refractivity contribution in [1.29, 1.82) is 0 Å². The second-order valence-corrected chi connectivity index (χ2v) is 4.95. The van der Waals surface area contributed by atoms with E-state index >= 15 is 0 Å². The van der Waals surface area contributed by atoms with Gasteiger partial charge in [0.1, 0.15) is 16.5 Å². The number of hydrogen-bond donors (Lipinski definition) is 2. The quantitative estimate of drug-likeness (QED) is 0.869. The Morgan fingerprint density at radius 2 is 2.25 bits per heavy atom. The summed E-state index contributed by atoms with van der Waals surface area (Å²) in [5.74, 6) is -1.18. The molecule has 0 spiro atoms. The molecule has 1 aliphatic heterocycles. The van der Waals surface area contributed by atoms with Crippen LogP contribution in [0.1, 0.15) is 6.92 Å². The van der Waals surface area contributed by atoms with Gasteiger partial charge in [0.15, 0.2) is 10.9 Å². The number of aliphatic hydroxyl groups is 1. The predicted octanol–water partition coefficient (Wildman–Crippen LogP) is 1.33. The van der Waals surface area contributed by atoms with Gasteiger partial charge in [-0.2, -0.15) is 4.98 Å². The van der Waals surface area contributed by atoms with Crippen molar-refractivity contribution >= 4 is 32.7 Å². The van der Waals surface area contributed by atoms with Gasteiger partial charge >= 0.3 is 6.29 Å². The normalized spacial score (nSPS) is 17.2. The number of rotatable bonds is 2. The van der Waals surface area contributed by atoms with Crippen molar-refractivity contribution in [3.05, 3.63) is 6.07 Å². The first-order valence-corrected chi connectivity index (χ1v) is 6.22. The Bertz CT molecular complexity index is 658. The van der Waals surface area contributed by atoms with Crippen molar-refractivity contribution in [3.63, 3.8) is 0 Å². The summed E-state index contributed by atoms with van der Waals surface area (Å²) in [6, 6.07) is 1.24. The van der Waals surface area contributed by atoms with Crippen LogP contribution in [0.15, 0.2) is 6.07 Å². The van der Waals surface area contributed by atoms with E-state index < -0.39 is 18.3 Å². The topological polar surface area (TPSA) is 93.6 Å². The molecule has 0 fully saturated rings. The first kappa shape index (κ1) is 12.9. The number of nitrogens with one attached hydrogen (secondary N) is 1. The third kappa shape index (κ3) is 2.23. The maximum absolute atomic E-state index is 12.8. The minimum absolute atomic E-state index is 0.189. The van der Waals surface area contributed by atoms with Gasteiger partial charge in [-0.3, -0.25) is 10.1 Å². The minimum Gasteiger partial charge on any atom is -0.393 e. The van der Waals surface area contributed by atoms with Gasteiger partial charge in [-0.1, -0.05) is 11.3 Å². The van der Waals surface area contributed by atoms with E-state index in [2.05, 4.69) is 24.8 Å². The van der Waals surface area contributed by atoms with E-state index in [0.717, 1.165) is 11.3 Å². The van der Waals surface area contributed by atoms with E-state index in [4.69, 9.17) is 5.11 Å². The maximum atomic E-state index is 12.8. The summed E-state index contributed by atoms with van der Waals surface area (Å²) in [4.78, 5) is 19.4. The highest BCUT2D eigenvalue weighted by Crippen LogP contribution is 2.42. The summed E-state index contributed by atoms with van der Waals surface area (Å²) in [6.45, 7) is 1.30. The zero-order valence-electron chi connectivity index (χ0n) is 9.89. The maximum Gasteiger partial charge on any atom is 0.587 e. The molecule has 3 rings (SSSR count). The van der Waals surface area contributed by atoms with Crippen LogP contribution < -0.4 is 14.8 Å². The highest BCUT2D eigenvalue weighted by molar-refractivity contribution is 7.22. The summed E-state index contributed by atoms with van der Waals surface area (Å²) in [5.41, 5.74) is 0.274. The number of aromatic nitrogens is 2. The van der Waals surface area contributed by atoms with Crippen LogP contribution in [0, 0.1) is 0 Å². The fourth-order valence-electron chi connectivity index (χ4n) is 1.50. The number of carbonyl (C=O) groups is 1. The SMILES string of the molecule is C[C@@H](O)C(=O)Nc1nc2cc3c(nc2s1)OC(F)(F)O3. The summed E-state index contributed by atoms with van der Waals surface area (Å²) in [6.07, 6.45) is -4.92. The molecule has 7 nitrogen and oxygen atoms in total. The van der Waals surface area contributed by atoms with Crippen LogP contribution in [0.3, 0.4) is 0 Å². The largest absolute Gasteiger partial charge is 0.587 e. The molecule has 0 saturated heterocycles. The van der Waals surface area contributed by atoms with Crippen molar-refractivity contribution in [2.45, 2.75) is 19.3 Å². The van der Waals surface area contributed by atoms with E-state index in [9.17, 15) is 13.6 Å². The number of thiazole rings is 1. The van der Waals surface area contributed by atoms with Crippen LogP contribution in [-0.4, -0.2) is 33.4 Å². The van der Waals surface area contributed by atoms with Crippen molar-refractivity contribution < 1.29 is 28.2 Å². The standard InChI is InChI=1S/C10H7F2N3O4S/c1-3(16)6(17)14-9-13-4-2-5-7(15-8(4)20-9)19-10(11,12)18-5/h2-3,16H,1H3,(H,13,14,17)/t3-/m1/s1. The molecule has 3 heterocycles. The first-order chi connectivity index (χ1) is 9.34. The summed E-state index contributed by atoms with van der Waals surface area (Å²) < 4.78 is 34.2. The predicted molar refractivity (Wildman–Crippen MR) is 63.9 cm³/mol. The van der Waals surface area contributed by atoms with Gasteiger partial charge in [0.05, 0.1) is 0 Å². The second-order valence-electron chi connectivity index (χ2n) is 3.97. The molecule has 20 heavy (non-hydrogen) atoms. The highest BCUT2D eigenvalue weighted by Gasteiger charge is 2.44. The first-order valence-electron chi connectivity index (χ1n) is 5.40. The third-order valence-corrected chi connectivity index (χ3v) is 3.25. The molecule has 1 amide bonds. The lowest BCUT2D eigenvalue weighted by Gasteiger charge is -2.03. The summed E-state index contributed by atoms with van der Waals surface area (Å²) >= 11 is 0.963. The van der Waals surface area contributed by atoms with Crippen LogP contribution in [0.2, 0.25) is 0 Å². The van der Waals surface area contributed by atoms with Crippen molar-refractivity contribution in [1.82, 2.24) is 9.97 Å². The van der Waals surface area contributed by atoms with Gasteiger partial charge in [0, 0.05) is 6.07 Å². The molecule has 1 aliphatic rings. The summed E-state index contributed by atoms with van der Waals surface area (Å²) in [5, 5.41) is 11.6. The third-order valence-electron chi connectivity index (χ3n) is 2.37. The van der Waals surface area contributed by atoms with Crippen molar-refractivity contribution in [3.8, 4) is 11.6 Å². The van der Waals surface area contributed by atoms with Crippen molar-refractivity contribution in [2.75, 3.05) is 5.32 Å². The molecular weight excluding hydrogens is 296 g/mol. The second kappa shape index (κ2) is 4.21. The minimum atomic E-state index is -3.73. The number of halogens is 2. The zero-order chi connectivity index (χ0) is 14.5. The molecule has 2 N–H and O–H groups in total. The van der Waals surface area contributed by atoms with Crippen LogP contribution in [-0.2, 0) is 4.79 Å². The van der Waals surface area contributed by atoms with E-state index in [1.165, 1.54) is 13.0 Å². The molecule has 0 radical (unpaired) electrons. The Kier molecular flexibility index (Phi) is 2.73. The lowest BCUT2D eigenvalue weighted by Crippen LogP contribution is -2.26. The Labute approximate surface area is 114 Å². The number of carbonyl (C=O) groups excluding carboxylic acids is 1. The molecule has 2 aromatic rings. The number of nitrogens with zero attached hydrogens (tertiary/aromatic N) is 2. The van der Waals surface area contributed by atoms with E-state index in [1.807, 2.05) is 0 Å². The number of amides is 1. The average molecular weight is 303 g/mol. The number of alkyl halides is 2. The van der Waals surface area contributed by atoms with Crippen LogP contribution in [0.5, 0.6) is 11.6 Å². The molecule has 10 heteroatoms. The van der Waals surface area contributed by atoms with Gasteiger partial charge in [0.25, 0.3) is 11.8 Å². The van der Waals surface area contributed by atoms with Gasteiger partial charge < -0.3 is 14.6 Å². The molecule has 0 aromatic carbocycles. The molecule has 0 aliphatic carbocycles. The van der Waals surface area contributed by atoms with E-state index in [-0.39, 0.29) is 22.3 Å². The summed E-state index contributed by atoms with van der Waals surface area (Å²) in [7, 11) is 0. The Hall–Kier alpha value is -2.07. The number of fused-ring (bicyclic) bond motifs is 2. The molecule has 0 unspecified atom stereocenters. The smallest absolute Gasteiger partial charge is 0.393 e. The number of pyridine rings is 1. The van der Waals surface area contributed by atoms with Crippen molar-refractivity contribution in [2.24, 2.45) is 0 Å². The molecule has 0 bridgehead atoms. The number of aliphatic hydroxyl groups excluding tert-OH is 1. The average Bonchev–Trinajstić information content (AvgIpc) is 2.82. The fourth-order valence-corrected chi connectivity index (χ4v) is 2.32. The molecule has 1 atom stereocenters. The van der Waals surface area contributed by atoms with Gasteiger partial charge in [0.2, 0.25) is 0 Å². The lowest BCUT2D eigenvalue weighted by molar-refractivity contribution is -0.287. The van der Waals surface area contributed by atoms with Crippen LogP contribution in [0.25, 0.3) is 10.3 Å². The van der Waals surface area contributed by atoms with Gasteiger partial charge in [-0.05, 0) is 6.92 Å². The fraction of sp³-hybridized carbons (Fsp3) is 0.300.